The summed E-state index contributed by atoms with van der Waals surface area (Å²) in [7, 11) is 0. The van der Waals surface area contributed by atoms with E-state index in [0.29, 0.717) is 18.8 Å². The fraction of sp³-hybridized carbons (Fsp3) is 0.227. The van der Waals surface area contributed by atoms with Gasteiger partial charge in [0.1, 0.15) is 5.69 Å². The zero-order valence-electron chi connectivity index (χ0n) is 15.9. The molecule has 1 aliphatic heterocycles. The van der Waals surface area contributed by atoms with Gasteiger partial charge in [-0.2, -0.15) is 0 Å². The first-order valence-corrected chi connectivity index (χ1v) is 9.61. The number of fused-ring (bicyclic) bond motifs is 2. The highest BCUT2D eigenvalue weighted by atomic mass is 16.2. The Morgan fingerprint density at radius 2 is 1.69 bits per heavy atom. The van der Waals surface area contributed by atoms with Gasteiger partial charge in [-0.15, -0.1) is 0 Å². The molecule has 2 aromatic carbocycles. The second-order valence-corrected chi connectivity index (χ2v) is 7.11. The van der Waals surface area contributed by atoms with Crippen molar-refractivity contribution in [3.8, 4) is 0 Å². The fourth-order valence-corrected chi connectivity index (χ4v) is 3.54. The number of hydrogen-bond acceptors (Lipinski definition) is 3. The van der Waals surface area contributed by atoms with Gasteiger partial charge in [0.05, 0.1) is 0 Å². The Balaban J connectivity index is 1.24. The van der Waals surface area contributed by atoms with Gasteiger partial charge in [-0.05, 0) is 29.7 Å². The smallest absolute Gasteiger partial charge is 0.286 e. The predicted molar refractivity (Wildman–Crippen MR) is 109 cm³/mol. The predicted octanol–water partition coefficient (Wildman–Crippen LogP) is 2.29. The number of aromatic amines is 1. The van der Waals surface area contributed by atoms with E-state index in [1.54, 1.807) is 11.0 Å². The Labute approximate surface area is 168 Å². The topological polar surface area (TPSA) is 94.3 Å². The maximum atomic E-state index is 12.4. The molecule has 148 valence electrons. The second-order valence-electron chi connectivity index (χ2n) is 7.11. The van der Waals surface area contributed by atoms with Gasteiger partial charge in [0.15, 0.2) is 0 Å². The fourth-order valence-electron chi connectivity index (χ4n) is 3.54. The van der Waals surface area contributed by atoms with Gasteiger partial charge in [0, 0.05) is 36.8 Å². The van der Waals surface area contributed by atoms with Crippen molar-refractivity contribution < 1.29 is 14.4 Å². The quantitative estimate of drug-likeness (QED) is 0.597. The van der Waals surface area contributed by atoms with Crippen LogP contribution in [0.25, 0.3) is 10.9 Å². The molecule has 0 spiro atoms. The number of hydrazine groups is 1. The molecule has 0 aliphatic carbocycles. The van der Waals surface area contributed by atoms with E-state index in [2.05, 4.69) is 21.9 Å². The molecule has 29 heavy (non-hydrogen) atoms. The molecule has 1 aliphatic rings. The van der Waals surface area contributed by atoms with E-state index in [9.17, 15) is 14.4 Å². The lowest BCUT2D eigenvalue weighted by Crippen LogP contribution is -2.42. The lowest BCUT2D eigenvalue weighted by molar-refractivity contribution is -0.134. The average Bonchev–Trinajstić information content (AvgIpc) is 3.20. The summed E-state index contributed by atoms with van der Waals surface area (Å²) in [5, 5.41) is 0.915. The Morgan fingerprint density at radius 3 is 2.52 bits per heavy atom. The van der Waals surface area contributed by atoms with Crippen molar-refractivity contribution in [3.05, 3.63) is 71.4 Å². The second kappa shape index (κ2) is 8.18. The molecule has 0 atom stereocenters. The molecule has 2 heterocycles. The van der Waals surface area contributed by atoms with Gasteiger partial charge < -0.3 is 9.88 Å². The summed E-state index contributed by atoms with van der Waals surface area (Å²) in [5.74, 6) is -0.898. The molecule has 0 saturated carbocycles. The van der Waals surface area contributed by atoms with Crippen LogP contribution in [0.3, 0.4) is 0 Å². The van der Waals surface area contributed by atoms with Gasteiger partial charge in [-0.3, -0.25) is 25.2 Å². The molecule has 0 radical (unpaired) electrons. The number of nitrogens with zero attached hydrogens (tertiary/aromatic N) is 1. The van der Waals surface area contributed by atoms with Crippen molar-refractivity contribution in [2.24, 2.45) is 0 Å². The minimum atomic E-state index is -0.437. The normalized spacial score (nSPS) is 13.0. The van der Waals surface area contributed by atoms with Crippen LogP contribution in [0.1, 0.15) is 34.5 Å². The summed E-state index contributed by atoms with van der Waals surface area (Å²) in [5.41, 5.74) is 8.38. The van der Waals surface area contributed by atoms with E-state index >= 15 is 0 Å². The number of carbonyl (C=O) groups excluding carboxylic acids is 3. The molecule has 4 rings (SSSR count). The van der Waals surface area contributed by atoms with Crippen LogP contribution < -0.4 is 10.9 Å². The van der Waals surface area contributed by atoms with Crippen molar-refractivity contribution in [1.29, 1.82) is 0 Å². The monoisotopic (exact) mass is 390 g/mol. The van der Waals surface area contributed by atoms with Crippen LogP contribution in [0.2, 0.25) is 0 Å². The summed E-state index contributed by atoms with van der Waals surface area (Å²) < 4.78 is 0. The Morgan fingerprint density at radius 1 is 0.931 bits per heavy atom. The summed E-state index contributed by atoms with van der Waals surface area (Å²) >= 11 is 0. The SMILES string of the molecule is O=C(CCC(=O)N1CCc2ccccc2C1)NNC(=O)c1cc2ccccc2[nH]1. The van der Waals surface area contributed by atoms with Crippen molar-refractivity contribution in [2.75, 3.05) is 6.54 Å². The number of H-pyrrole nitrogens is 1. The van der Waals surface area contributed by atoms with Crippen molar-refractivity contribution >= 4 is 28.6 Å². The van der Waals surface area contributed by atoms with Crippen LogP contribution in [-0.2, 0) is 22.6 Å². The molecule has 0 saturated heterocycles. The lowest BCUT2D eigenvalue weighted by Gasteiger charge is -2.28. The minimum Gasteiger partial charge on any atom is -0.350 e. The van der Waals surface area contributed by atoms with Gasteiger partial charge >= 0.3 is 0 Å². The highest BCUT2D eigenvalue weighted by Crippen LogP contribution is 2.19. The van der Waals surface area contributed by atoms with E-state index in [0.717, 1.165) is 22.9 Å². The molecule has 3 aromatic rings. The maximum absolute atomic E-state index is 12.4. The summed E-state index contributed by atoms with van der Waals surface area (Å²) in [6, 6.07) is 17.3. The number of benzene rings is 2. The van der Waals surface area contributed by atoms with E-state index < -0.39 is 11.8 Å². The first-order chi connectivity index (χ1) is 14.1. The molecule has 0 unspecified atom stereocenters. The number of aromatic nitrogens is 1. The zero-order chi connectivity index (χ0) is 20.2. The molecule has 0 fully saturated rings. The van der Waals surface area contributed by atoms with E-state index in [4.69, 9.17) is 0 Å². The highest BCUT2D eigenvalue weighted by Gasteiger charge is 2.21. The summed E-state index contributed by atoms with van der Waals surface area (Å²) in [6.45, 7) is 1.24. The van der Waals surface area contributed by atoms with Crippen molar-refractivity contribution in [2.45, 2.75) is 25.8 Å². The molecule has 1 aromatic heterocycles. The third-order valence-electron chi connectivity index (χ3n) is 5.14. The first-order valence-electron chi connectivity index (χ1n) is 9.61. The van der Waals surface area contributed by atoms with Crippen LogP contribution in [0, 0.1) is 0 Å². The van der Waals surface area contributed by atoms with E-state index in [-0.39, 0.29) is 18.7 Å². The average molecular weight is 390 g/mol. The minimum absolute atomic E-state index is 0.0178. The third-order valence-corrected chi connectivity index (χ3v) is 5.14. The molecule has 3 N–H and O–H groups in total. The number of amides is 3. The van der Waals surface area contributed by atoms with Gasteiger partial charge in [0.2, 0.25) is 11.8 Å². The van der Waals surface area contributed by atoms with Crippen LogP contribution in [0.4, 0.5) is 0 Å². The number of rotatable bonds is 4. The number of para-hydroxylation sites is 1. The van der Waals surface area contributed by atoms with Gasteiger partial charge in [0.25, 0.3) is 5.91 Å². The first kappa shape index (κ1) is 18.7. The van der Waals surface area contributed by atoms with Gasteiger partial charge in [-0.25, -0.2) is 0 Å². The molecule has 0 bridgehead atoms. The third kappa shape index (κ3) is 4.29. The molecule has 3 amide bonds. The molecular formula is C22H22N4O3. The highest BCUT2D eigenvalue weighted by molar-refractivity contribution is 5.98. The van der Waals surface area contributed by atoms with Crippen LogP contribution >= 0.6 is 0 Å². The van der Waals surface area contributed by atoms with E-state index in [1.807, 2.05) is 42.5 Å². The molecule has 7 heteroatoms. The number of hydrogen-bond donors (Lipinski definition) is 3. The van der Waals surface area contributed by atoms with E-state index in [1.165, 1.54) is 5.56 Å². The largest absolute Gasteiger partial charge is 0.350 e. The summed E-state index contributed by atoms with van der Waals surface area (Å²) in [4.78, 5) is 41.4. The molecular weight excluding hydrogens is 368 g/mol. The standard InChI is InChI=1S/C22H22N4O3/c27-20(24-25-22(29)19-13-16-6-3-4-8-18(16)23-19)9-10-21(28)26-12-11-15-5-1-2-7-17(15)14-26/h1-8,13,23H,9-12,14H2,(H,24,27)(H,25,29). The Kier molecular flexibility index (Phi) is 5.29. The number of carbonyl (C=O) groups is 3. The Bertz CT molecular complexity index is 1040. The van der Waals surface area contributed by atoms with Crippen molar-refractivity contribution in [3.63, 3.8) is 0 Å². The maximum Gasteiger partial charge on any atom is 0.286 e. The van der Waals surface area contributed by atoms with Crippen LogP contribution in [0.5, 0.6) is 0 Å². The van der Waals surface area contributed by atoms with Crippen molar-refractivity contribution in [1.82, 2.24) is 20.7 Å². The zero-order valence-corrected chi connectivity index (χ0v) is 15.9. The molecule has 7 nitrogen and oxygen atoms in total. The van der Waals surface area contributed by atoms with Gasteiger partial charge in [-0.1, -0.05) is 42.5 Å². The number of nitrogens with one attached hydrogen (secondary N) is 3. The Hall–Kier alpha value is -3.61. The summed E-state index contributed by atoms with van der Waals surface area (Å²) in [6.07, 6.45) is 0.953. The van der Waals surface area contributed by atoms with Crippen LogP contribution in [0.15, 0.2) is 54.6 Å². The van der Waals surface area contributed by atoms with Crippen LogP contribution in [-0.4, -0.2) is 34.2 Å². The lowest BCUT2D eigenvalue weighted by atomic mass is 9.99.